The maximum atomic E-state index is 12.2. The van der Waals surface area contributed by atoms with Crippen molar-refractivity contribution in [3.63, 3.8) is 0 Å². The lowest BCUT2D eigenvalue weighted by Crippen LogP contribution is -2.15. The van der Waals surface area contributed by atoms with Gasteiger partial charge in [0.2, 0.25) is 11.8 Å². The van der Waals surface area contributed by atoms with E-state index in [1.54, 1.807) is 25.3 Å². The van der Waals surface area contributed by atoms with E-state index in [1.807, 2.05) is 54.6 Å². The first kappa shape index (κ1) is 21.3. The minimum atomic E-state index is -0.505. The number of rotatable bonds is 6. The Balaban J connectivity index is 1.78. The van der Waals surface area contributed by atoms with E-state index in [0.29, 0.717) is 17.7 Å². The number of ether oxygens (including phenoxy) is 1. The van der Waals surface area contributed by atoms with Crippen LogP contribution in [0.5, 0.6) is 5.75 Å². The minimum absolute atomic E-state index is 0.390. The Morgan fingerprint density at radius 2 is 1.56 bits per heavy atom. The van der Waals surface area contributed by atoms with E-state index in [-0.39, 0.29) is 0 Å². The average Bonchev–Trinajstić information content (AvgIpc) is 3.17. The first-order chi connectivity index (χ1) is 16.5. The maximum Gasteiger partial charge on any atom is 0.249 e. The van der Waals surface area contributed by atoms with Gasteiger partial charge in [-0.2, -0.15) is 0 Å². The molecule has 0 aliphatic rings. The Morgan fingerprint density at radius 1 is 0.853 bits per heavy atom. The molecule has 5 rings (SSSR count). The number of carbonyl (C=O) groups excluding carboxylic acids is 2. The fraction of sp³-hybridized carbons (Fsp3) is 0.0714. The predicted molar refractivity (Wildman–Crippen MR) is 133 cm³/mol. The van der Waals surface area contributed by atoms with E-state index in [9.17, 15) is 9.59 Å². The van der Waals surface area contributed by atoms with Crippen molar-refractivity contribution in [1.29, 1.82) is 0 Å². The Hall–Kier alpha value is -4.58. The average molecular weight is 449 g/mol. The normalized spacial score (nSPS) is 11.1. The number of nitrogens with two attached hydrogens (primary N) is 2. The third-order valence-electron chi connectivity index (χ3n) is 6.09. The molecule has 0 aliphatic carbocycles. The summed E-state index contributed by atoms with van der Waals surface area (Å²) in [7, 11) is 1.63. The van der Waals surface area contributed by atoms with E-state index in [4.69, 9.17) is 16.2 Å². The number of nitrogens with zero attached hydrogens (tertiary/aromatic N) is 1. The van der Waals surface area contributed by atoms with Gasteiger partial charge in [0.05, 0.1) is 18.1 Å². The van der Waals surface area contributed by atoms with Gasteiger partial charge in [-0.05, 0) is 65.2 Å². The zero-order valence-electron chi connectivity index (χ0n) is 18.5. The van der Waals surface area contributed by atoms with Crippen molar-refractivity contribution >= 4 is 33.6 Å². The van der Waals surface area contributed by atoms with Crippen molar-refractivity contribution in [3.8, 4) is 16.9 Å². The summed E-state index contributed by atoms with van der Waals surface area (Å²) in [5.41, 5.74) is 16.7. The van der Waals surface area contributed by atoms with Gasteiger partial charge in [-0.1, -0.05) is 36.4 Å². The van der Waals surface area contributed by atoms with Crippen LogP contribution in [0.4, 0.5) is 0 Å². The fourth-order valence-corrected chi connectivity index (χ4v) is 4.45. The Morgan fingerprint density at radius 3 is 2.26 bits per heavy atom. The molecule has 2 amide bonds. The Bertz CT molecular complexity index is 1570. The highest BCUT2D eigenvalue weighted by molar-refractivity contribution is 6.18. The molecule has 0 unspecified atom stereocenters. The lowest BCUT2D eigenvalue weighted by molar-refractivity contribution is 0.0992. The van der Waals surface area contributed by atoms with E-state index in [0.717, 1.165) is 44.2 Å². The molecule has 4 aromatic carbocycles. The third kappa shape index (κ3) is 3.55. The summed E-state index contributed by atoms with van der Waals surface area (Å²) in [6, 6.07) is 27.9. The van der Waals surface area contributed by atoms with Crippen LogP contribution in [0.1, 0.15) is 26.3 Å². The standard InChI is InChI=1S/C28H22N3O3/c1-34-20-12-9-17(10-13-20)18-11-14-22-25(15-18)31(16-19-5-2-3-6-21(19)27(29)32)24-8-4-7-23(26(22)24)28(30)33/h2-13,15H,16H2,1H3,(H2,29,32)(H2,30,33). The van der Waals surface area contributed by atoms with Crippen molar-refractivity contribution in [2.45, 2.75) is 6.54 Å². The molecule has 1 radical (unpaired) electrons. The molecular weight excluding hydrogens is 426 g/mol. The molecule has 5 aromatic rings. The summed E-state index contributed by atoms with van der Waals surface area (Å²) in [6.07, 6.45) is 0. The number of fused-ring (bicyclic) bond motifs is 3. The lowest BCUT2D eigenvalue weighted by Gasteiger charge is -2.12. The zero-order chi connectivity index (χ0) is 23.8. The van der Waals surface area contributed by atoms with Crippen molar-refractivity contribution < 1.29 is 14.3 Å². The number of aromatic nitrogens is 1. The van der Waals surface area contributed by atoms with Crippen LogP contribution in [0.2, 0.25) is 0 Å². The SMILES string of the molecule is COc1ccc(-c2c[c]c3c4c(C(N)=O)cccc4n(Cc4ccccc4C(N)=O)c3c2)cc1. The number of carbonyl (C=O) groups is 2. The van der Waals surface area contributed by atoms with Crippen molar-refractivity contribution in [1.82, 2.24) is 4.57 Å². The molecule has 6 heteroatoms. The number of methoxy groups -OCH3 is 1. The van der Waals surface area contributed by atoms with Gasteiger partial charge < -0.3 is 20.8 Å². The summed E-state index contributed by atoms with van der Waals surface area (Å²) in [5, 5.41) is 1.53. The van der Waals surface area contributed by atoms with Crippen molar-refractivity contribution in [3.05, 3.63) is 102 Å². The Labute approximate surface area is 196 Å². The molecule has 0 aliphatic heterocycles. The van der Waals surface area contributed by atoms with Gasteiger partial charge >= 0.3 is 0 Å². The first-order valence-electron chi connectivity index (χ1n) is 10.8. The highest BCUT2D eigenvalue weighted by Gasteiger charge is 2.19. The van der Waals surface area contributed by atoms with Gasteiger partial charge in [0.25, 0.3) is 0 Å². The second-order valence-corrected chi connectivity index (χ2v) is 8.05. The largest absolute Gasteiger partial charge is 0.497 e. The van der Waals surface area contributed by atoms with Crippen LogP contribution >= 0.6 is 0 Å². The summed E-state index contributed by atoms with van der Waals surface area (Å²) >= 11 is 0. The maximum absolute atomic E-state index is 12.2. The molecule has 0 spiro atoms. The predicted octanol–water partition coefficient (Wildman–Crippen LogP) is 4.52. The quantitative estimate of drug-likeness (QED) is 0.399. The smallest absolute Gasteiger partial charge is 0.249 e. The Kier molecular flexibility index (Phi) is 5.26. The number of hydrogen-bond donors (Lipinski definition) is 2. The number of hydrogen-bond acceptors (Lipinski definition) is 3. The molecular formula is C28H22N3O3. The number of amides is 2. The molecule has 0 atom stereocenters. The van der Waals surface area contributed by atoms with E-state index < -0.39 is 11.8 Å². The summed E-state index contributed by atoms with van der Waals surface area (Å²) in [4.78, 5) is 24.3. The van der Waals surface area contributed by atoms with Gasteiger partial charge in [0.15, 0.2) is 0 Å². The van der Waals surface area contributed by atoms with Crippen LogP contribution in [0.15, 0.2) is 78.9 Å². The molecule has 4 N–H and O–H groups in total. The van der Waals surface area contributed by atoms with Gasteiger partial charge in [-0.25, -0.2) is 0 Å². The third-order valence-corrected chi connectivity index (χ3v) is 6.09. The molecule has 0 fully saturated rings. The highest BCUT2D eigenvalue weighted by Crippen LogP contribution is 2.35. The number of benzene rings is 4. The van der Waals surface area contributed by atoms with Crippen molar-refractivity contribution in [2.75, 3.05) is 7.11 Å². The fourth-order valence-electron chi connectivity index (χ4n) is 4.45. The zero-order valence-corrected chi connectivity index (χ0v) is 18.5. The van der Waals surface area contributed by atoms with Crippen LogP contribution in [0.3, 0.4) is 0 Å². The molecule has 167 valence electrons. The van der Waals surface area contributed by atoms with Gasteiger partial charge in [0.1, 0.15) is 5.75 Å². The molecule has 0 saturated carbocycles. The van der Waals surface area contributed by atoms with Crippen LogP contribution in [0.25, 0.3) is 32.9 Å². The van der Waals surface area contributed by atoms with Crippen molar-refractivity contribution in [2.24, 2.45) is 11.5 Å². The van der Waals surface area contributed by atoms with Gasteiger partial charge in [-0.15, -0.1) is 0 Å². The highest BCUT2D eigenvalue weighted by atomic mass is 16.5. The summed E-state index contributed by atoms with van der Waals surface area (Å²) in [6.45, 7) is 0.390. The van der Waals surface area contributed by atoms with Gasteiger partial charge in [0, 0.05) is 28.4 Å². The molecule has 6 nitrogen and oxygen atoms in total. The van der Waals surface area contributed by atoms with E-state index in [1.165, 1.54) is 0 Å². The minimum Gasteiger partial charge on any atom is -0.497 e. The second kappa shape index (κ2) is 8.41. The molecule has 0 bridgehead atoms. The van der Waals surface area contributed by atoms with Crippen LogP contribution in [-0.2, 0) is 6.54 Å². The molecule has 34 heavy (non-hydrogen) atoms. The first-order valence-corrected chi connectivity index (χ1v) is 10.8. The molecule has 0 saturated heterocycles. The summed E-state index contributed by atoms with van der Waals surface area (Å²) < 4.78 is 7.35. The van der Waals surface area contributed by atoms with Crippen LogP contribution in [0, 0.1) is 6.07 Å². The second-order valence-electron chi connectivity index (χ2n) is 8.05. The van der Waals surface area contributed by atoms with Crippen LogP contribution < -0.4 is 16.2 Å². The summed E-state index contributed by atoms with van der Waals surface area (Å²) in [5.74, 6) is -0.216. The molecule has 1 heterocycles. The molecule has 1 aromatic heterocycles. The van der Waals surface area contributed by atoms with E-state index >= 15 is 0 Å². The van der Waals surface area contributed by atoms with Crippen LogP contribution in [-0.4, -0.2) is 23.5 Å². The topological polar surface area (TPSA) is 100 Å². The lowest BCUT2D eigenvalue weighted by atomic mass is 10.0. The monoisotopic (exact) mass is 448 g/mol. The van der Waals surface area contributed by atoms with Gasteiger partial charge in [-0.3, -0.25) is 9.59 Å². The van der Waals surface area contributed by atoms with E-state index in [2.05, 4.69) is 16.7 Å². The number of primary amides is 2.